The predicted octanol–water partition coefficient (Wildman–Crippen LogP) is 2.79. The summed E-state index contributed by atoms with van der Waals surface area (Å²) in [5, 5.41) is 6.46. The van der Waals surface area contributed by atoms with Gasteiger partial charge in [0.15, 0.2) is 0 Å². The number of hydrogen-bond acceptors (Lipinski definition) is 5. The van der Waals surface area contributed by atoms with Crippen LogP contribution in [0.3, 0.4) is 0 Å². The third-order valence-electron chi connectivity index (χ3n) is 2.48. The molecule has 0 spiro atoms. The molecule has 0 radical (unpaired) electrons. The normalized spacial score (nSPS) is 10.5. The van der Waals surface area contributed by atoms with Crippen molar-refractivity contribution in [3.05, 3.63) is 30.6 Å². The predicted molar refractivity (Wildman–Crippen MR) is 78.2 cm³/mol. The van der Waals surface area contributed by atoms with Gasteiger partial charge in [0.25, 0.3) is 0 Å². The molecule has 0 aromatic carbocycles. The van der Waals surface area contributed by atoms with E-state index in [0.717, 1.165) is 23.6 Å². The van der Waals surface area contributed by atoms with E-state index >= 15 is 0 Å². The maximum Gasteiger partial charge on any atom is 0.225 e. The molecule has 0 saturated carbocycles. The molecule has 0 unspecified atom stereocenters. The zero-order chi connectivity index (χ0) is 13.7. The molecule has 2 rings (SSSR count). The first-order valence-corrected chi connectivity index (χ1v) is 6.49. The maximum atomic E-state index is 4.54. The van der Waals surface area contributed by atoms with Crippen LogP contribution in [0.4, 0.5) is 11.8 Å². The minimum Gasteiger partial charge on any atom is -0.370 e. The highest BCUT2D eigenvalue weighted by molar-refractivity contribution is 5.63. The lowest BCUT2D eigenvalue weighted by molar-refractivity contribution is 0.875. The summed E-state index contributed by atoms with van der Waals surface area (Å²) in [6, 6.07) is 6.13. The van der Waals surface area contributed by atoms with Crippen LogP contribution in [0.15, 0.2) is 30.6 Å². The van der Waals surface area contributed by atoms with E-state index in [1.165, 1.54) is 0 Å². The van der Waals surface area contributed by atoms with Crippen molar-refractivity contribution in [3.63, 3.8) is 0 Å². The third kappa shape index (κ3) is 3.64. The lowest BCUT2D eigenvalue weighted by atomic mass is 10.2. The number of anilines is 2. The topological polar surface area (TPSA) is 62.7 Å². The summed E-state index contributed by atoms with van der Waals surface area (Å²) >= 11 is 0. The van der Waals surface area contributed by atoms with E-state index in [1.54, 1.807) is 12.4 Å². The molecule has 2 heterocycles. The number of rotatable bonds is 5. The van der Waals surface area contributed by atoms with Crippen LogP contribution in [0.25, 0.3) is 11.3 Å². The monoisotopic (exact) mass is 257 g/mol. The lowest BCUT2D eigenvalue weighted by Gasteiger charge is -2.12. The Morgan fingerprint density at radius 3 is 2.53 bits per heavy atom. The fourth-order valence-corrected chi connectivity index (χ4v) is 1.71. The Labute approximate surface area is 113 Å². The largest absolute Gasteiger partial charge is 0.370 e. The molecule has 0 aliphatic rings. The molecular weight excluding hydrogens is 238 g/mol. The van der Waals surface area contributed by atoms with Gasteiger partial charge >= 0.3 is 0 Å². The molecular formula is C14H19N5. The van der Waals surface area contributed by atoms with Gasteiger partial charge in [-0.2, -0.15) is 4.98 Å². The second-order valence-electron chi connectivity index (χ2n) is 4.53. The SMILES string of the molecule is CCNc1cc(-c2ccncc2)nc(NC(C)C)n1. The van der Waals surface area contributed by atoms with Crippen LogP contribution < -0.4 is 10.6 Å². The molecule has 0 amide bonds. The van der Waals surface area contributed by atoms with E-state index in [1.807, 2.05) is 25.1 Å². The summed E-state index contributed by atoms with van der Waals surface area (Å²) in [5.74, 6) is 1.47. The number of pyridine rings is 1. The van der Waals surface area contributed by atoms with Crippen molar-refractivity contribution in [3.8, 4) is 11.3 Å². The Morgan fingerprint density at radius 2 is 1.89 bits per heavy atom. The minimum atomic E-state index is 0.294. The Hall–Kier alpha value is -2.17. The summed E-state index contributed by atoms with van der Waals surface area (Å²) in [4.78, 5) is 13.0. The first-order chi connectivity index (χ1) is 9.19. The highest BCUT2D eigenvalue weighted by atomic mass is 15.1. The van der Waals surface area contributed by atoms with Crippen molar-refractivity contribution in [1.29, 1.82) is 0 Å². The van der Waals surface area contributed by atoms with Crippen LogP contribution in [0.1, 0.15) is 20.8 Å². The number of hydrogen-bond donors (Lipinski definition) is 2. The van der Waals surface area contributed by atoms with Gasteiger partial charge in [-0.3, -0.25) is 4.98 Å². The van der Waals surface area contributed by atoms with E-state index in [4.69, 9.17) is 0 Å². The molecule has 0 aliphatic heterocycles. The van der Waals surface area contributed by atoms with E-state index in [9.17, 15) is 0 Å². The van der Waals surface area contributed by atoms with Crippen LogP contribution >= 0.6 is 0 Å². The van der Waals surface area contributed by atoms with Gasteiger partial charge < -0.3 is 10.6 Å². The number of aromatic nitrogens is 3. The molecule has 100 valence electrons. The van der Waals surface area contributed by atoms with Crippen LogP contribution in [-0.4, -0.2) is 27.5 Å². The Morgan fingerprint density at radius 1 is 1.16 bits per heavy atom. The van der Waals surface area contributed by atoms with Crippen molar-refractivity contribution in [2.45, 2.75) is 26.8 Å². The summed E-state index contributed by atoms with van der Waals surface area (Å²) in [7, 11) is 0. The van der Waals surface area contributed by atoms with E-state index in [-0.39, 0.29) is 0 Å². The number of nitrogens with one attached hydrogen (secondary N) is 2. The smallest absolute Gasteiger partial charge is 0.225 e. The Bertz CT molecular complexity index is 525. The van der Waals surface area contributed by atoms with E-state index < -0.39 is 0 Å². The van der Waals surface area contributed by atoms with Gasteiger partial charge in [-0.05, 0) is 32.9 Å². The molecule has 0 aliphatic carbocycles. The van der Waals surface area contributed by atoms with E-state index in [0.29, 0.717) is 12.0 Å². The fourth-order valence-electron chi connectivity index (χ4n) is 1.71. The molecule has 5 heteroatoms. The summed E-state index contributed by atoms with van der Waals surface area (Å²) < 4.78 is 0. The Balaban J connectivity index is 2.39. The summed E-state index contributed by atoms with van der Waals surface area (Å²) in [5.41, 5.74) is 1.92. The van der Waals surface area contributed by atoms with Gasteiger partial charge in [0, 0.05) is 36.6 Å². The van der Waals surface area contributed by atoms with Crippen LogP contribution in [-0.2, 0) is 0 Å². The van der Waals surface area contributed by atoms with Crippen molar-refractivity contribution in [2.75, 3.05) is 17.2 Å². The average Bonchev–Trinajstić information content (AvgIpc) is 2.39. The van der Waals surface area contributed by atoms with Crippen molar-refractivity contribution in [1.82, 2.24) is 15.0 Å². The van der Waals surface area contributed by atoms with E-state index in [2.05, 4.69) is 39.4 Å². The molecule has 2 N–H and O–H groups in total. The maximum absolute atomic E-state index is 4.54. The molecule has 5 nitrogen and oxygen atoms in total. The minimum absolute atomic E-state index is 0.294. The molecule has 2 aromatic heterocycles. The fraction of sp³-hybridized carbons (Fsp3) is 0.357. The highest BCUT2D eigenvalue weighted by Gasteiger charge is 2.07. The highest BCUT2D eigenvalue weighted by Crippen LogP contribution is 2.20. The van der Waals surface area contributed by atoms with Gasteiger partial charge in [0.05, 0.1) is 5.69 Å². The quantitative estimate of drug-likeness (QED) is 0.862. The van der Waals surface area contributed by atoms with Gasteiger partial charge in [-0.15, -0.1) is 0 Å². The first-order valence-electron chi connectivity index (χ1n) is 6.49. The van der Waals surface area contributed by atoms with Gasteiger partial charge in [0.2, 0.25) is 5.95 Å². The Kier molecular flexibility index (Phi) is 4.28. The molecule has 0 atom stereocenters. The van der Waals surface area contributed by atoms with Crippen molar-refractivity contribution >= 4 is 11.8 Å². The van der Waals surface area contributed by atoms with Crippen molar-refractivity contribution in [2.24, 2.45) is 0 Å². The van der Waals surface area contributed by atoms with Gasteiger partial charge in [-0.1, -0.05) is 0 Å². The van der Waals surface area contributed by atoms with Crippen LogP contribution in [0, 0.1) is 0 Å². The molecule has 0 saturated heterocycles. The molecule has 0 fully saturated rings. The van der Waals surface area contributed by atoms with Crippen LogP contribution in [0.5, 0.6) is 0 Å². The lowest BCUT2D eigenvalue weighted by Crippen LogP contribution is -2.14. The second kappa shape index (κ2) is 6.13. The first kappa shape index (κ1) is 13.3. The third-order valence-corrected chi connectivity index (χ3v) is 2.48. The standard InChI is InChI=1S/C14H19N5/c1-4-16-13-9-12(11-5-7-15-8-6-11)18-14(19-13)17-10(2)3/h5-10H,4H2,1-3H3,(H2,16,17,18,19). The zero-order valence-corrected chi connectivity index (χ0v) is 11.5. The number of nitrogens with zero attached hydrogens (tertiary/aromatic N) is 3. The van der Waals surface area contributed by atoms with Crippen molar-refractivity contribution < 1.29 is 0 Å². The van der Waals surface area contributed by atoms with Gasteiger partial charge in [-0.25, -0.2) is 4.98 Å². The summed E-state index contributed by atoms with van der Waals surface area (Å²) in [6.07, 6.45) is 3.53. The average molecular weight is 257 g/mol. The van der Waals surface area contributed by atoms with Crippen LogP contribution in [0.2, 0.25) is 0 Å². The van der Waals surface area contributed by atoms with Gasteiger partial charge in [0.1, 0.15) is 5.82 Å². The zero-order valence-electron chi connectivity index (χ0n) is 11.5. The molecule has 2 aromatic rings. The second-order valence-corrected chi connectivity index (χ2v) is 4.53. The molecule has 0 bridgehead atoms. The summed E-state index contributed by atoms with van der Waals surface area (Å²) in [6.45, 7) is 7.00. The molecule has 19 heavy (non-hydrogen) atoms.